The van der Waals surface area contributed by atoms with Gasteiger partial charge in [0.1, 0.15) is 5.75 Å². The molecule has 0 radical (unpaired) electrons. The molecule has 142 valence electrons. The fraction of sp³-hybridized carbons (Fsp3) is 0.0909. The van der Waals surface area contributed by atoms with Crippen molar-refractivity contribution in [2.75, 3.05) is 17.7 Å². The van der Waals surface area contributed by atoms with Crippen LogP contribution >= 0.6 is 11.6 Å². The van der Waals surface area contributed by atoms with Crippen LogP contribution in [0.15, 0.2) is 66.7 Å². The van der Waals surface area contributed by atoms with Crippen LogP contribution in [0.5, 0.6) is 5.75 Å². The van der Waals surface area contributed by atoms with Crippen molar-refractivity contribution in [3.63, 3.8) is 0 Å². The Morgan fingerprint density at radius 2 is 1.29 bits per heavy atom. The summed E-state index contributed by atoms with van der Waals surface area (Å²) < 4.78 is 5.09. The van der Waals surface area contributed by atoms with Gasteiger partial charge in [-0.2, -0.15) is 0 Å². The Balaban J connectivity index is 1.66. The Kier molecular flexibility index (Phi) is 5.96. The summed E-state index contributed by atoms with van der Waals surface area (Å²) in [5.74, 6) is -0.00641. The molecule has 3 rings (SSSR count). The highest BCUT2D eigenvalue weighted by atomic mass is 35.5. The number of carbonyl (C=O) groups excluding carboxylic acids is 2. The summed E-state index contributed by atoms with van der Waals surface area (Å²) in [5, 5.41) is 6.00. The van der Waals surface area contributed by atoms with E-state index < -0.39 is 0 Å². The van der Waals surface area contributed by atoms with E-state index in [0.717, 1.165) is 5.56 Å². The summed E-state index contributed by atoms with van der Waals surface area (Å²) in [6, 6.07) is 18.9. The highest BCUT2D eigenvalue weighted by Crippen LogP contribution is 2.27. The van der Waals surface area contributed by atoms with Gasteiger partial charge in [0.05, 0.1) is 12.1 Å². The molecule has 0 aliphatic carbocycles. The van der Waals surface area contributed by atoms with Gasteiger partial charge in [-0.15, -0.1) is 0 Å². The van der Waals surface area contributed by atoms with Crippen LogP contribution in [0.25, 0.3) is 0 Å². The van der Waals surface area contributed by atoms with Gasteiger partial charge in [0.25, 0.3) is 11.8 Å². The highest BCUT2D eigenvalue weighted by molar-refractivity contribution is 6.32. The number of aryl methyl sites for hydroxylation is 1. The topological polar surface area (TPSA) is 67.4 Å². The molecule has 0 bridgehead atoms. The number of benzene rings is 3. The van der Waals surface area contributed by atoms with E-state index in [-0.39, 0.29) is 11.8 Å². The van der Waals surface area contributed by atoms with E-state index in [0.29, 0.717) is 33.3 Å². The number of halogens is 1. The lowest BCUT2D eigenvalue weighted by molar-refractivity contribution is 0.101. The second-order valence-electron chi connectivity index (χ2n) is 6.20. The standard InChI is InChI=1S/C22H19ClN2O3/c1-14-3-9-17(10-4-14)24-21(26)15-5-7-16(8-6-15)22(27)25-18-11-12-20(28-2)19(23)13-18/h3-13H,1-2H3,(H,24,26)(H,25,27). The fourth-order valence-corrected chi connectivity index (χ4v) is 2.82. The molecule has 3 aromatic rings. The fourth-order valence-electron chi connectivity index (χ4n) is 2.56. The second-order valence-corrected chi connectivity index (χ2v) is 6.61. The highest BCUT2D eigenvalue weighted by Gasteiger charge is 2.11. The minimum atomic E-state index is -0.299. The van der Waals surface area contributed by atoms with Crippen molar-refractivity contribution in [1.29, 1.82) is 0 Å². The molecule has 3 aromatic carbocycles. The number of amides is 2. The third-order valence-corrected chi connectivity index (χ3v) is 4.42. The van der Waals surface area contributed by atoms with E-state index in [9.17, 15) is 9.59 Å². The van der Waals surface area contributed by atoms with Crippen LogP contribution in [-0.2, 0) is 0 Å². The van der Waals surface area contributed by atoms with Crippen LogP contribution < -0.4 is 15.4 Å². The predicted octanol–water partition coefficient (Wildman–Crippen LogP) is 5.16. The van der Waals surface area contributed by atoms with Crippen LogP contribution in [0.4, 0.5) is 11.4 Å². The maximum Gasteiger partial charge on any atom is 0.255 e. The third-order valence-electron chi connectivity index (χ3n) is 4.13. The van der Waals surface area contributed by atoms with Gasteiger partial charge in [0.2, 0.25) is 0 Å². The van der Waals surface area contributed by atoms with E-state index >= 15 is 0 Å². The van der Waals surface area contributed by atoms with Crippen LogP contribution in [-0.4, -0.2) is 18.9 Å². The third kappa shape index (κ3) is 4.69. The van der Waals surface area contributed by atoms with Crippen LogP contribution in [0, 0.1) is 6.92 Å². The SMILES string of the molecule is COc1ccc(NC(=O)c2ccc(C(=O)Nc3ccc(C)cc3)cc2)cc1Cl. The average Bonchev–Trinajstić information content (AvgIpc) is 2.70. The molecule has 0 aromatic heterocycles. The molecule has 0 fully saturated rings. The molecule has 2 N–H and O–H groups in total. The molecular weight excluding hydrogens is 376 g/mol. The number of rotatable bonds is 5. The molecule has 0 unspecified atom stereocenters. The molecule has 28 heavy (non-hydrogen) atoms. The summed E-state index contributed by atoms with van der Waals surface area (Å²) in [6.45, 7) is 1.98. The molecule has 0 aliphatic rings. The van der Waals surface area contributed by atoms with E-state index in [1.54, 1.807) is 42.5 Å². The zero-order valence-corrected chi connectivity index (χ0v) is 16.2. The normalized spacial score (nSPS) is 10.2. The van der Waals surface area contributed by atoms with Gasteiger partial charge in [0, 0.05) is 22.5 Å². The van der Waals surface area contributed by atoms with Gasteiger partial charge in [0.15, 0.2) is 0 Å². The van der Waals surface area contributed by atoms with E-state index in [4.69, 9.17) is 16.3 Å². The first-order valence-corrected chi connectivity index (χ1v) is 8.97. The Labute approximate surface area is 168 Å². The summed E-state index contributed by atoms with van der Waals surface area (Å²) >= 11 is 6.07. The minimum Gasteiger partial charge on any atom is -0.495 e. The second kappa shape index (κ2) is 8.59. The van der Waals surface area contributed by atoms with Gasteiger partial charge in [-0.3, -0.25) is 9.59 Å². The molecule has 2 amide bonds. The van der Waals surface area contributed by atoms with Gasteiger partial charge >= 0.3 is 0 Å². The predicted molar refractivity (Wildman–Crippen MR) is 112 cm³/mol. The van der Waals surface area contributed by atoms with Crippen molar-refractivity contribution in [1.82, 2.24) is 0 Å². The van der Waals surface area contributed by atoms with Crippen molar-refractivity contribution >= 4 is 34.8 Å². The first-order valence-electron chi connectivity index (χ1n) is 8.59. The zero-order chi connectivity index (χ0) is 20.1. The Morgan fingerprint density at radius 3 is 1.79 bits per heavy atom. The summed E-state index contributed by atoms with van der Waals surface area (Å²) in [4.78, 5) is 24.7. The molecule has 0 spiro atoms. The molecule has 6 heteroatoms. The van der Waals surface area contributed by atoms with Gasteiger partial charge < -0.3 is 15.4 Å². The lowest BCUT2D eigenvalue weighted by Crippen LogP contribution is -2.14. The van der Waals surface area contributed by atoms with Crippen LogP contribution in [0.3, 0.4) is 0 Å². The van der Waals surface area contributed by atoms with Crippen molar-refractivity contribution in [3.8, 4) is 5.75 Å². The zero-order valence-electron chi connectivity index (χ0n) is 15.5. The van der Waals surface area contributed by atoms with Gasteiger partial charge in [-0.1, -0.05) is 29.3 Å². The monoisotopic (exact) mass is 394 g/mol. The number of carbonyl (C=O) groups is 2. The smallest absolute Gasteiger partial charge is 0.255 e. The maximum absolute atomic E-state index is 12.4. The largest absolute Gasteiger partial charge is 0.495 e. The lowest BCUT2D eigenvalue weighted by atomic mass is 10.1. The van der Waals surface area contributed by atoms with E-state index in [1.165, 1.54) is 7.11 Å². The van der Waals surface area contributed by atoms with Crippen LogP contribution in [0.1, 0.15) is 26.3 Å². The Morgan fingerprint density at radius 1 is 0.786 bits per heavy atom. The van der Waals surface area contributed by atoms with Gasteiger partial charge in [-0.05, 0) is 61.5 Å². The summed E-state index contributed by atoms with van der Waals surface area (Å²) in [5.41, 5.74) is 3.28. The van der Waals surface area contributed by atoms with Crippen molar-refractivity contribution in [2.24, 2.45) is 0 Å². The number of anilines is 2. The van der Waals surface area contributed by atoms with E-state index in [2.05, 4.69) is 10.6 Å². The summed E-state index contributed by atoms with van der Waals surface area (Å²) in [6.07, 6.45) is 0. The molecule has 0 saturated heterocycles. The number of hydrogen-bond acceptors (Lipinski definition) is 3. The number of hydrogen-bond donors (Lipinski definition) is 2. The minimum absolute atomic E-state index is 0.238. The van der Waals surface area contributed by atoms with Crippen molar-refractivity contribution in [2.45, 2.75) is 6.92 Å². The molecule has 5 nitrogen and oxygen atoms in total. The molecular formula is C22H19ClN2O3. The van der Waals surface area contributed by atoms with Gasteiger partial charge in [-0.25, -0.2) is 0 Å². The average molecular weight is 395 g/mol. The summed E-state index contributed by atoms with van der Waals surface area (Å²) in [7, 11) is 1.52. The first-order chi connectivity index (χ1) is 13.5. The maximum atomic E-state index is 12.4. The molecule has 0 heterocycles. The number of ether oxygens (including phenoxy) is 1. The van der Waals surface area contributed by atoms with Crippen molar-refractivity contribution < 1.29 is 14.3 Å². The Hall–Kier alpha value is -3.31. The quantitative estimate of drug-likeness (QED) is 0.628. The van der Waals surface area contributed by atoms with E-state index in [1.807, 2.05) is 31.2 Å². The molecule has 0 aliphatic heterocycles. The van der Waals surface area contributed by atoms with Crippen LogP contribution in [0.2, 0.25) is 5.02 Å². The van der Waals surface area contributed by atoms with Crippen molar-refractivity contribution in [3.05, 3.63) is 88.4 Å². The molecule has 0 saturated carbocycles. The molecule has 0 atom stereocenters. The number of nitrogens with one attached hydrogen (secondary N) is 2. The lowest BCUT2D eigenvalue weighted by Gasteiger charge is -2.09. The first kappa shape index (κ1) is 19.5. The number of methoxy groups -OCH3 is 1. The Bertz CT molecular complexity index is 999.